The van der Waals surface area contributed by atoms with Crippen molar-refractivity contribution in [1.82, 2.24) is 10.6 Å². The van der Waals surface area contributed by atoms with Gasteiger partial charge in [0.05, 0.1) is 13.2 Å². The number of hydrogen-bond acceptors (Lipinski definition) is 3. The number of carbonyl (C=O) groups is 1. The largest absolute Gasteiger partial charge is 0.489 e. The first-order valence-corrected chi connectivity index (χ1v) is 7.46. The maximum atomic E-state index is 11.7. The Hall–Kier alpha value is -1.75. The van der Waals surface area contributed by atoms with Gasteiger partial charge < -0.3 is 20.1 Å². The van der Waals surface area contributed by atoms with Crippen LogP contribution in [0, 0.1) is 12.8 Å². The molecular weight excluding hydrogens is 268 g/mol. The third kappa shape index (κ3) is 5.63. The molecule has 116 valence electrons. The summed E-state index contributed by atoms with van der Waals surface area (Å²) in [7, 11) is 0. The Balaban J connectivity index is 1.63. The van der Waals surface area contributed by atoms with Gasteiger partial charge in [-0.3, -0.25) is 0 Å². The second-order valence-electron chi connectivity index (χ2n) is 5.57. The minimum absolute atomic E-state index is 0.0765. The van der Waals surface area contributed by atoms with Gasteiger partial charge in [-0.2, -0.15) is 0 Å². The van der Waals surface area contributed by atoms with Crippen molar-refractivity contribution in [3.8, 4) is 5.75 Å². The summed E-state index contributed by atoms with van der Waals surface area (Å²) in [4.78, 5) is 11.7. The Morgan fingerprint density at radius 2 is 2.33 bits per heavy atom. The molecule has 0 unspecified atom stereocenters. The number of rotatable bonds is 6. The van der Waals surface area contributed by atoms with Gasteiger partial charge in [0, 0.05) is 19.1 Å². The molecule has 5 heteroatoms. The highest BCUT2D eigenvalue weighted by Gasteiger charge is 2.16. The summed E-state index contributed by atoms with van der Waals surface area (Å²) in [6.07, 6.45) is 0.944. The van der Waals surface area contributed by atoms with Gasteiger partial charge in [0.2, 0.25) is 0 Å². The van der Waals surface area contributed by atoms with Gasteiger partial charge in [0.1, 0.15) is 11.9 Å². The second kappa shape index (κ2) is 7.88. The molecule has 1 fully saturated rings. The van der Waals surface area contributed by atoms with Crippen molar-refractivity contribution in [2.45, 2.75) is 26.4 Å². The van der Waals surface area contributed by atoms with Crippen LogP contribution < -0.4 is 15.4 Å². The van der Waals surface area contributed by atoms with Gasteiger partial charge in [0.25, 0.3) is 0 Å². The van der Waals surface area contributed by atoms with Crippen LogP contribution in [0.4, 0.5) is 4.79 Å². The van der Waals surface area contributed by atoms with E-state index >= 15 is 0 Å². The van der Waals surface area contributed by atoms with Gasteiger partial charge in [0.15, 0.2) is 0 Å². The lowest BCUT2D eigenvalue weighted by Gasteiger charge is -2.16. The molecule has 2 rings (SSSR count). The zero-order chi connectivity index (χ0) is 15.1. The van der Waals surface area contributed by atoms with E-state index in [0.717, 1.165) is 30.9 Å². The van der Waals surface area contributed by atoms with Crippen LogP contribution in [0.1, 0.15) is 18.9 Å². The normalized spacial score (nSPS) is 19.0. The summed E-state index contributed by atoms with van der Waals surface area (Å²) in [6.45, 7) is 6.64. The van der Waals surface area contributed by atoms with E-state index in [2.05, 4.69) is 10.6 Å². The Morgan fingerprint density at radius 3 is 3.05 bits per heavy atom. The Bertz CT molecular complexity index is 459. The van der Waals surface area contributed by atoms with Crippen molar-refractivity contribution in [1.29, 1.82) is 0 Å². The molecule has 0 bridgehead atoms. The van der Waals surface area contributed by atoms with Crippen LogP contribution in [0.15, 0.2) is 24.3 Å². The van der Waals surface area contributed by atoms with Crippen molar-refractivity contribution in [2.75, 3.05) is 26.3 Å². The van der Waals surface area contributed by atoms with Crippen LogP contribution in [0.2, 0.25) is 0 Å². The summed E-state index contributed by atoms with van der Waals surface area (Å²) < 4.78 is 11.0. The topological polar surface area (TPSA) is 59.6 Å². The first-order chi connectivity index (χ1) is 10.1. The summed E-state index contributed by atoms with van der Waals surface area (Å²) in [6, 6.07) is 7.74. The molecule has 1 aliphatic rings. The molecule has 0 aromatic heterocycles. The van der Waals surface area contributed by atoms with Crippen molar-refractivity contribution < 1.29 is 14.3 Å². The maximum Gasteiger partial charge on any atom is 0.314 e. The molecule has 21 heavy (non-hydrogen) atoms. The number of benzene rings is 1. The maximum absolute atomic E-state index is 11.7. The first kappa shape index (κ1) is 15.6. The SMILES string of the molecule is Cc1cccc(O[C@@H](C)CNC(=O)NC[C@H]2CCOC2)c1. The van der Waals surface area contributed by atoms with Gasteiger partial charge in [-0.25, -0.2) is 4.79 Å². The predicted octanol–water partition coefficient (Wildman–Crippen LogP) is 2.10. The highest BCUT2D eigenvalue weighted by atomic mass is 16.5. The van der Waals surface area contributed by atoms with E-state index in [1.807, 2.05) is 38.1 Å². The van der Waals surface area contributed by atoms with Crippen LogP contribution in [0.5, 0.6) is 5.75 Å². The van der Waals surface area contributed by atoms with Crippen LogP contribution >= 0.6 is 0 Å². The van der Waals surface area contributed by atoms with E-state index in [1.165, 1.54) is 0 Å². The molecule has 0 spiro atoms. The van der Waals surface area contributed by atoms with E-state index in [0.29, 0.717) is 19.0 Å². The van der Waals surface area contributed by atoms with Crippen molar-refractivity contribution in [3.63, 3.8) is 0 Å². The molecule has 0 radical (unpaired) electrons. The van der Waals surface area contributed by atoms with Gasteiger partial charge >= 0.3 is 6.03 Å². The average Bonchev–Trinajstić information content (AvgIpc) is 2.96. The number of hydrogen-bond donors (Lipinski definition) is 2. The molecule has 1 aromatic carbocycles. The smallest absolute Gasteiger partial charge is 0.314 e. The number of ether oxygens (including phenoxy) is 2. The molecule has 0 saturated carbocycles. The quantitative estimate of drug-likeness (QED) is 0.844. The Kier molecular flexibility index (Phi) is 5.87. The Morgan fingerprint density at radius 1 is 1.48 bits per heavy atom. The second-order valence-corrected chi connectivity index (χ2v) is 5.57. The van der Waals surface area contributed by atoms with Crippen LogP contribution in [-0.2, 0) is 4.74 Å². The molecule has 1 saturated heterocycles. The van der Waals surface area contributed by atoms with E-state index in [4.69, 9.17) is 9.47 Å². The van der Waals surface area contributed by atoms with E-state index < -0.39 is 0 Å². The highest BCUT2D eigenvalue weighted by molar-refractivity contribution is 5.73. The lowest BCUT2D eigenvalue weighted by Crippen LogP contribution is -2.42. The molecule has 2 amide bonds. The van der Waals surface area contributed by atoms with Crippen LogP contribution in [-0.4, -0.2) is 38.4 Å². The summed E-state index contributed by atoms with van der Waals surface area (Å²) in [5.41, 5.74) is 1.16. The van der Waals surface area contributed by atoms with Crippen molar-refractivity contribution >= 4 is 6.03 Å². The molecule has 1 aliphatic heterocycles. The molecule has 2 N–H and O–H groups in total. The average molecular weight is 292 g/mol. The standard InChI is InChI=1S/C16H24N2O3/c1-12-4-3-5-15(8-12)21-13(2)9-17-16(19)18-10-14-6-7-20-11-14/h3-5,8,13-14H,6-7,9-11H2,1-2H3,(H2,17,18,19)/t13-,14+/m0/s1. The lowest BCUT2D eigenvalue weighted by molar-refractivity contribution is 0.184. The fraction of sp³-hybridized carbons (Fsp3) is 0.562. The van der Waals surface area contributed by atoms with E-state index in [9.17, 15) is 4.79 Å². The summed E-state index contributed by atoms with van der Waals surface area (Å²) in [5.74, 6) is 1.27. The third-order valence-electron chi connectivity index (χ3n) is 3.45. The zero-order valence-corrected chi connectivity index (χ0v) is 12.7. The van der Waals surface area contributed by atoms with Crippen LogP contribution in [0.3, 0.4) is 0 Å². The van der Waals surface area contributed by atoms with E-state index in [-0.39, 0.29) is 12.1 Å². The monoisotopic (exact) mass is 292 g/mol. The fourth-order valence-corrected chi connectivity index (χ4v) is 2.24. The highest BCUT2D eigenvalue weighted by Crippen LogP contribution is 2.14. The molecule has 1 aromatic rings. The number of nitrogens with one attached hydrogen (secondary N) is 2. The minimum atomic E-state index is -0.151. The Labute approximate surface area is 126 Å². The van der Waals surface area contributed by atoms with Gasteiger partial charge in [-0.05, 0) is 38.0 Å². The summed E-state index contributed by atoms with van der Waals surface area (Å²) >= 11 is 0. The number of carbonyl (C=O) groups excluding carboxylic acids is 1. The molecule has 0 aliphatic carbocycles. The van der Waals surface area contributed by atoms with Crippen molar-refractivity contribution in [3.05, 3.63) is 29.8 Å². The zero-order valence-electron chi connectivity index (χ0n) is 12.7. The van der Waals surface area contributed by atoms with Crippen LogP contribution in [0.25, 0.3) is 0 Å². The number of amides is 2. The molecule has 2 atom stereocenters. The molecular formula is C16H24N2O3. The number of urea groups is 1. The predicted molar refractivity (Wildman–Crippen MR) is 81.6 cm³/mol. The molecule has 5 nitrogen and oxygen atoms in total. The van der Waals surface area contributed by atoms with Crippen molar-refractivity contribution in [2.24, 2.45) is 5.92 Å². The van der Waals surface area contributed by atoms with Gasteiger partial charge in [-0.15, -0.1) is 0 Å². The molecule has 1 heterocycles. The third-order valence-corrected chi connectivity index (χ3v) is 3.45. The number of aryl methyl sites for hydroxylation is 1. The van der Waals surface area contributed by atoms with E-state index in [1.54, 1.807) is 0 Å². The summed E-state index contributed by atoms with van der Waals surface area (Å²) in [5, 5.41) is 5.69. The lowest BCUT2D eigenvalue weighted by atomic mass is 10.1. The first-order valence-electron chi connectivity index (χ1n) is 7.46. The minimum Gasteiger partial charge on any atom is -0.489 e. The van der Waals surface area contributed by atoms with Gasteiger partial charge in [-0.1, -0.05) is 12.1 Å². The fourth-order valence-electron chi connectivity index (χ4n) is 2.24.